The Kier molecular flexibility index (Phi) is 8.86. The number of sulfonamides is 1. The van der Waals surface area contributed by atoms with Crippen LogP contribution in [0.5, 0.6) is 11.5 Å². The van der Waals surface area contributed by atoms with E-state index in [4.69, 9.17) is 9.47 Å². The van der Waals surface area contributed by atoms with Crippen LogP contribution in [0.4, 0.5) is 10.1 Å². The summed E-state index contributed by atoms with van der Waals surface area (Å²) in [5.74, 6) is -0.654. The van der Waals surface area contributed by atoms with Crippen molar-refractivity contribution < 1.29 is 31.9 Å². The fraction of sp³-hybridized carbons (Fsp3) is 0.333. The van der Waals surface area contributed by atoms with E-state index in [-0.39, 0.29) is 17.1 Å². The zero-order chi connectivity index (χ0) is 29.8. The van der Waals surface area contributed by atoms with Gasteiger partial charge in [0, 0.05) is 18.2 Å². The SMILES string of the molecule is C[C@@H](C(=O)NC(C)(C)C)N(Cc1ccc(F)cc1)C(=O)CN(c1ccc2c(c1)OCCO2)S(=O)(=O)c1ccccc1. The summed E-state index contributed by atoms with van der Waals surface area (Å²) >= 11 is 0. The predicted octanol–water partition coefficient (Wildman–Crippen LogP) is 4.12. The van der Waals surface area contributed by atoms with Gasteiger partial charge in [-0.05, 0) is 69.7 Å². The molecule has 0 saturated heterocycles. The average Bonchev–Trinajstić information content (AvgIpc) is 2.94. The second-order valence-electron chi connectivity index (χ2n) is 10.7. The smallest absolute Gasteiger partial charge is 0.264 e. The molecule has 0 spiro atoms. The van der Waals surface area contributed by atoms with E-state index in [0.29, 0.717) is 30.3 Å². The first-order valence-electron chi connectivity index (χ1n) is 13.2. The number of halogens is 1. The van der Waals surface area contributed by atoms with Crippen molar-refractivity contribution in [3.8, 4) is 11.5 Å². The van der Waals surface area contributed by atoms with Crippen LogP contribution in [0.1, 0.15) is 33.3 Å². The highest BCUT2D eigenvalue weighted by Crippen LogP contribution is 2.36. The maximum Gasteiger partial charge on any atom is 0.264 e. The van der Waals surface area contributed by atoms with Gasteiger partial charge in [0.2, 0.25) is 11.8 Å². The average molecular weight is 584 g/mol. The molecule has 4 rings (SSSR count). The van der Waals surface area contributed by atoms with Gasteiger partial charge in [0.15, 0.2) is 11.5 Å². The molecule has 218 valence electrons. The summed E-state index contributed by atoms with van der Waals surface area (Å²) in [7, 11) is -4.22. The van der Waals surface area contributed by atoms with E-state index < -0.39 is 45.8 Å². The van der Waals surface area contributed by atoms with E-state index in [2.05, 4.69) is 5.32 Å². The number of hydrogen-bond acceptors (Lipinski definition) is 6. The lowest BCUT2D eigenvalue weighted by Gasteiger charge is -2.33. The summed E-state index contributed by atoms with van der Waals surface area (Å²) in [6.07, 6.45) is 0. The molecule has 1 heterocycles. The summed E-state index contributed by atoms with van der Waals surface area (Å²) < 4.78 is 53.6. The van der Waals surface area contributed by atoms with Gasteiger partial charge < -0.3 is 19.7 Å². The Hall–Kier alpha value is -4.12. The van der Waals surface area contributed by atoms with E-state index in [0.717, 1.165) is 4.31 Å². The number of benzene rings is 3. The Morgan fingerprint density at radius 1 is 0.951 bits per heavy atom. The zero-order valence-corrected chi connectivity index (χ0v) is 24.3. The number of amides is 2. The number of ether oxygens (including phenoxy) is 2. The Morgan fingerprint density at radius 2 is 1.59 bits per heavy atom. The van der Waals surface area contributed by atoms with Crippen molar-refractivity contribution in [3.05, 3.63) is 84.2 Å². The molecule has 0 bridgehead atoms. The van der Waals surface area contributed by atoms with Crippen LogP contribution in [0, 0.1) is 5.82 Å². The molecule has 1 aliphatic heterocycles. The lowest BCUT2D eigenvalue weighted by Crippen LogP contribution is -2.54. The quantitative estimate of drug-likeness (QED) is 0.406. The van der Waals surface area contributed by atoms with Crippen LogP contribution in [-0.2, 0) is 26.2 Å². The van der Waals surface area contributed by atoms with Crippen molar-refractivity contribution in [2.45, 2.75) is 50.7 Å². The minimum atomic E-state index is -4.22. The Balaban J connectivity index is 1.73. The molecule has 0 aromatic heterocycles. The van der Waals surface area contributed by atoms with Crippen molar-refractivity contribution >= 4 is 27.5 Å². The van der Waals surface area contributed by atoms with E-state index in [1.165, 1.54) is 47.4 Å². The van der Waals surface area contributed by atoms with Gasteiger partial charge in [-0.1, -0.05) is 30.3 Å². The van der Waals surface area contributed by atoms with Gasteiger partial charge in [0.25, 0.3) is 10.0 Å². The first-order chi connectivity index (χ1) is 19.3. The van der Waals surface area contributed by atoms with Crippen molar-refractivity contribution in [2.24, 2.45) is 0 Å². The molecule has 3 aromatic rings. The molecule has 1 N–H and O–H groups in total. The number of carbonyl (C=O) groups is 2. The molecular weight excluding hydrogens is 549 g/mol. The molecule has 1 aliphatic rings. The third-order valence-corrected chi connectivity index (χ3v) is 8.14. The summed E-state index contributed by atoms with van der Waals surface area (Å²) in [6.45, 7) is 7.04. The monoisotopic (exact) mass is 583 g/mol. The highest BCUT2D eigenvalue weighted by molar-refractivity contribution is 7.92. The van der Waals surface area contributed by atoms with Crippen LogP contribution < -0.4 is 19.1 Å². The van der Waals surface area contributed by atoms with Gasteiger partial charge >= 0.3 is 0 Å². The van der Waals surface area contributed by atoms with E-state index in [1.807, 2.05) is 20.8 Å². The van der Waals surface area contributed by atoms with Crippen LogP contribution in [0.3, 0.4) is 0 Å². The van der Waals surface area contributed by atoms with Crippen molar-refractivity contribution in [1.29, 1.82) is 0 Å². The Bertz CT molecular complexity index is 1490. The van der Waals surface area contributed by atoms with Crippen LogP contribution >= 0.6 is 0 Å². The minimum absolute atomic E-state index is 0.00806. The van der Waals surface area contributed by atoms with Gasteiger partial charge in [0.05, 0.1) is 10.6 Å². The van der Waals surface area contributed by atoms with Gasteiger partial charge in [-0.15, -0.1) is 0 Å². The molecule has 3 aromatic carbocycles. The summed E-state index contributed by atoms with van der Waals surface area (Å²) in [5, 5.41) is 2.87. The van der Waals surface area contributed by atoms with Gasteiger partial charge in [-0.2, -0.15) is 0 Å². The summed E-state index contributed by atoms with van der Waals surface area (Å²) in [4.78, 5) is 28.4. The van der Waals surface area contributed by atoms with Crippen LogP contribution in [0.15, 0.2) is 77.7 Å². The summed E-state index contributed by atoms with van der Waals surface area (Å²) in [5.41, 5.74) is 0.205. The van der Waals surface area contributed by atoms with Gasteiger partial charge in [-0.25, -0.2) is 12.8 Å². The van der Waals surface area contributed by atoms with Crippen molar-refractivity contribution in [1.82, 2.24) is 10.2 Å². The lowest BCUT2D eigenvalue weighted by atomic mass is 10.1. The number of fused-ring (bicyclic) bond motifs is 1. The molecule has 2 amide bonds. The molecule has 0 saturated carbocycles. The summed E-state index contributed by atoms with van der Waals surface area (Å²) in [6, 6.07) is 17.0. The molecule has 0 radical (unpaired) electrons. The van der Waals surface area contributed by atoms with Gasteiger partial charge in [0.1, 0.15) is 31.6 Å². The third-order valence-electron chi connectivity index (χ3n) is 6.36. The van der Waals surface area contributed by atoms with Crippen LogP contribution in [-0.4, -0.2) is 56.5 Å². The van der Waals surface area contributed by atoms with E-state index >= 15 is 0 Å². The van der Waals surface area contributed by atoms with E-state index in [1.54, 1.807) is 37.3 Å². The number of nitrogens with one attached hydrogen (secondary N) is 1. The molecule has 0 unspecified atom stereocenters. The normalized spacial score (nSPS) is 13.7. The lowest BCUT2D eigenvalue weighted by molar-refractivity contribution is -0.140. The van der Waals surface area contributed by atoms with E-state index in [9.17, 15) is 22.4 Å². The van der Waals surface area contributed by atoms with Crippen molar-refractivity contribution in [2.75, 3.05) is 24.1 Å². The topological polar surface area (TPSA) is 105 Å². The minimum Gasteiger partial charge on any atom is -0.486 e. The molecule has 11 heteroatoms. The molecule has 41 heavy (non-hydrogen) atoms. The second-order valence-corrected chi connectivity index (χ2v) is 12.6. The zero-order valence-electron chi connectivity index (χ0n) is 23.5. The maximum atomic E-state index is 14.0. The van der Waals surface area contributed by atoms with Crippen LogP contribution in [0.2, 0.25) is 0 Å². The molecule has 9 nitrogen and oxygen atoms in total. The highest BCUT2D eigenvalue weighted by atomic mass is 32.2. The number of rotatable bonds is 9. The largest absolute Gasteiger partial charge is 0.486 e. The molecule has 0 aliphatic carbocycles. The number of carbonyl (C=O) groups excluding carboxylic acids is 2. The van der Waals surface area contributed by atoms with Gasteiger partial charge in [-0.3, -0.25) is 13.9 Å². The van der Waals surface area contributed by atoms with Crippen LogP contribution in [0.25, 0.3) is 0 Å². The third kappa shape index (κ3) is 7.35. The number of hydrogen-bond donors (Lipinski definition) is 1. The fourth-order valence-corrected chi connectivity index (χ4v) is 5.71. The first kappa shape index (κ1) is 29.9. The molecular formula is C30H34FN3O6S. The maximum absolute atomic E-state index is 14.0. The standard InChI is InChI=1S/C30H34FN3O6S/c1-21(29(36)32-30(2,3)4)33(19-22-10-12-23(31)13-11-22)28(35)20-34(41(37,38)25-8-6-5-7-9-25)24-14-15-26-27(18-24)40-17-16-39-26/h5-15,18,21H,16-17,19-20H2,1-4H3,(H,32,36)/t21-/m0/s1. The first-order valence-corrected chi connectivity index (χ1v) is 14.6. The molecule has 1 atom stereocenters. The Labute approximate surface area is 239 Å². The van der Waals surface area contributed by atoms with Crippen molar-refractivity contribution in [3.63, 3.8) is 0 Å². The fourth-order valence-electron chi connectivity index (χ4n) is 4.28. The highest BCUT2D eigenvalue weighted by Gasteiger charge is 2.34. The molecule has 0 fully saturated rings. The second kappa shape index (κ2) is 12.2. The Morgan fingerprint density at radius 3 is 2.22 bits per heavy atom. The number of anilines is 1. The number of nitrogens with zero attached hydrogens (tertiary/aromatic N) is 2. The predicted molar refractivity (Wildman–Crippen MR) is 153 cm³/mol.